The lowest BCUT2D eigenvalue weighted by Crippen LogP contribution is -2.58. The van der Waals surface area contributed by atoms with Crippen molar-refractivity contribution in [3.05, 3.63) is 35.9 Å². The monoisotopic (exact) mass is 258 g/mol. The molecule has 2 rings (SSSR count). The van der Waals surface area contributed by atoms with Crippen LogP contribution in [0.15, 0.2) is 30.3 Å². The molecule has 1 aliphatic heterocycles. The van der Waals surface area contributed by atoms with Crippen LogP contribution >= 0.6 is 0 Å². The first-order valence-electron chi connectivity index (χ1n) is 6.09. The van der Waals surface area contributed by atoms with Gasteiger partial charge in [-0.05, 0) is 24.9 Å². The maximum absolute atomic E-state index is 13.0. The number of benzene rings is 1. The average Bonchev–Trinajstić information content (AvgIpc) is 2.28. The molecule has 0 aliphatic carbocycles. The Morgan fingerprint density at radius 2 is 1.89 bits per heavy atom. The molecule has 1 aliphatic rings. The Bertz CT molecular complexity index is 378. The number of hydrogen-bond donors (Lipinski definition) is 1. The van der Waals surface area contributed by atoms with Crippen LogP contribution in [0.5, 0.6) is 0 Å². The maximum Gasteiger partial charge on any atom is 0.405 e. The molecule has 2 atom stereocenters. The first-order chi connectivity index (χ1) is 8.48. The van der Waals surface area contributed by atoms with Crippen LogP contribution < -0.4 is 5.73 Å². The molecule has 2 nitrogen and oxygen atoms in total. The van der Waals surface area contributed by atoms with Crippen LogP contribution in [0.2, 0.25) is 0 Å². The van der Waals surface area contributed by atoms with E-state index in [1.807, 2.05) is 30.3 Å². The highest BCUT2D eigenvalue weighted by Gasteiger charge is 2.48. The third-order valence-corrected chi connectivity index (χ3v) is 3.35. The van der Waals surface area contributed by atoms with Gasteiger partial charge in [0.2, 0.25) is 0 Å². The molecular formula is C13H17F3N2. The van der Waals surface area contributed by atoms with Crippen LogP contribution in [0.1, 0.15) is 18.4 Å². The van der Waals surface area contributed by atoms with E-state index in [-0.39, 0.29) is 0 Å². The minimum atomic E-state index is -4.26. The summed E-state index contributed by atoms with van der Waals surface area (Å²) in [6.45, 7) is 0.755. The van der Waals surface area contributed by atoms with Crippen molar-refractivity contribution in [1.82, 2.24) is 4.90 Å². The highest BCUT2D eigenvalue weighted by Crippen LogP contribution is 2.32. The highest BCUT2D eigenvalue weighted by atomic mass is 19.4. The fraction of sp³-hybridized carbons (Fsp3) is 0.538. The van der Waals surface area contributed by atoms with Crippen molar-refractivity contribution in [2.24, 2.45) is 5.73 Å². The van der Waals surface area contributed by atoms with E-state index in [0.29, 0.717) is 19.5 Å². The Morgan fingerprint density at radius 3 is 2.50 bits per heavy atom. The zero-order chi connectivity index (χ0) is 13.2. The van der Waals surface area contributed by atoms with Gasteiger partial charge in [-0.2, -0.15) is 13.2 Å². The fourth-order valence-electron chi connectivity index (χ4n) is 2.54. The molecule has 0 aromatic heterocycles. The fourth-order valence-corrected chi connectivity index (χ4v) is 2.54. The molecular weight excluding hydrogens is 241 g/mol. The number of piperidine rings is 1. The van der Waals surface area contributed by atoms with Crippen LogP contribution in [0, 0.1) is 0 Å². The van der Waals surface area contributed by atoms with Gasteiger partial charge < -0.3 is 5.73 Å². The highest BCUT2D eigenvalue weighted by molar-refractivity contribution is 5.15. The number of rotatable bonds is 2. The summed E-state index contributed by atoms with van der Waals surface area (Å²) in [6.07, 6.45) is -3.09. The number of halogens is 3. The van der Waals surface area contributed by atoms with Gasteiger partial charge in [-0.1, -0.05) is 30.3 Å². The van der Waals surface area contributed by atoms with Gasteiger partial charge in [0.15, 0.2) is 0 Å². The third-order valence-electron chi connectivity index (χ3n) is 3.35. The van der Waals surface area contributed by atoms with E-state index >= 15 is 0 Å². The molecule has 0 bridgehead atoms. The van der Waals surface area contributed by atoms with E-state index in [1.54, 1.807) is 0 Å². The summed E-state index contributed by atoms with van der Waals surface area (Å²) >= 11 is 0. The van der Waals surface area contributed by atoms with Gasteiger partial charge in [0.1, 0.15) is 6.04 Å². The van der Waals surface area contributed by atoms with E-state index in [1.165, 1.54) is 4.90 Å². The summed E-state index contributed by atoms with van der Waals surface area (Å²) in [5.74, 6) is 0. The SMILES string of the molecule is NC1CCCN(Cc2ccccc2)C1C(F)(F)F. The average molecular weight is 258 g/mol. The van der Waals surface area contributed by atoms with E-state index in [9.17, 15) is 13.2 Å². The molecule has 0 spiro atoms. The number of nitrogens with zero attached hydrogens (tertiary/aromatic N) is 1. The Hall–Kier alpha value is -1.07. The zero-order valence-electron chi connectivity index (χ0n) is 10.0. The van der Waals surface area contributed by atoms with Gasteiger partial charge in [0.25, 0.3) is 0 Å². The molecule has 5 heteroatoms. The molecule has 0 saturated carbocycles. The molecule has 1 saturated heterocycles. The lowest BCUT2D eigenvalue weighted by Gasteiger charge is -2.40. The summed E-state index contributed by atoms with van der Waals surface area (Å²) in [5.41, 5.74) is 6.54. The lowest BCUT2D eigenvalue weighted by atomic mass is 9.96. The van der Waals surface area contributed by atoms with Crippen LogP contribution in [0.4, 0.5) is 13.2 Å². The minimum absolute atomic E-state index is 0.304. The van der Waals surface area contributed by atoms with Crippen molar-refractivity contribution in [2.75, 3.05) is 6.54 Å². The molecule has 1 fully saturated rings. The summed E-state index contributed by atoms with van der Waals surface area (Å²) in [6, 6.07) is 6.87. The maximum atomic E-state index is 13.0. The molecule has 2 N–H and O–H groups in total. The largest absolute Gasteiger partial charge is 0.405 e. The zero-order valence-corrected chi connectivity index (χ0v) is 10.0. The Balaban J connectivity index is 2.14. The van der Waals surface area contributed by atoms with E-state index in [4.69, 9.17) is 5.73 Å². The predicted molar refractivity (Wildman–Crippen MR) is 63.9 cm³/mol. The first kappa shape index (κ1) is 13.4. The Morgan fingerprint density at radius 1 is 1.22 bits per heavy atom. The summed E-state index contributed by atoms with van der Waals surface area (Å²) < 4.78 is 39.1. The number of likely N-dealkylation sites (tertiary alicyclic amines) is 1. The van der Waals surface area contributed by atoms with Crippen LogP contribution in [-0.4, -0.2) is 29.7 Å². The van der Waals surface area contributed by atoms with Gasteiger partial charge in [-0.25, -0.2) is 0 Å². The molecule has 100 valence electrons. The number of hydrogen-bond acceptors (Lipinski definition) is 2. The van der Waals surface area contributed by atoms with Crippen molar-refractivity contribution in [3.8, 4) is 0 Å². The molecule has 1 aromatic carbocycles. The van der Waals surface area contributed by atoms with Crippen molar-refractivity contribution < 1.29 is 13.2 Å². The second-order valence-electron chi connectivity index (χ2n) is 4.75. The summed E-state index contributed by atoms with van der Waals surface area (Å²) in [5, 5.41) is 0. The topological polar surface area (TPSA) is 29.3 Å². The van der Waals surface area contributed by atoms with E-state index in [0.717, 1.165) is 12.0 Å². The second kappa shape index (κ2) is 5.28. The Kier molecular flexibility index (Phi) is 3.92. The molecule has 1 aromatic rings. The minimum Gasteiger partial charge on any atom is -0.326 e. The van der Waals surface area contributed by atoms with Gasteiger partial charge in [0.05, 0.1) is 0 Å². The van der Waals surface area contributed by atoms with E-state index in [2.05, 4.69) is 0 Å². The molecule has 2 unspecified atom stereocenters. The number of nitrogens with two attached hydrogens (primary N) is 1. The van der Waals surface area contributed by atoms with Gasteiger partial charge in [-0.15, -0.1) is 0 Å². The first-order valence-corrected chi connectivity index (χ1v) is 6.09. The molecule has 1 heterocycles. The molecule has 18 heavy (non-hydrogen) atoms. The van der Waals surface area contributed by atoms with Crippen molar-refractivity contribution in [3.63, 3.8) is 0 Å². The lowest BCUT2D eigenvalue weighted by molar-refractivity contribution is -0.197. The Labute approximate surface area is 105 Å². The van der Waals surface area contributed by atoms with Gasteiger partial charge >= 0.3 is 6.18 Å². The van der Waals surface area contributed by atoms with Crippen LogP contribution in [0.25, 0.3) is 0 Å². The normalized spacial score (nSPS) is 26.2. The summed E-state index contributed by atoms with van der Waals surface area (Å²) in [7, 11) is 0. The van der Waals surface area contributed by atoms with Crippen molar-refractivity contribution in [1.29, 1.82) is 0 Å². The standard InChI is InChI=1S/C13H17F3N2/c14-13(15,16)12-11(17)7-4-8-18(12)9-10-5-2-1-3-6-10/h1-3,5-6,11-12H,4,7-9,17H2. The molecule has 0 amide bonds. The van der Waals surface area contributed by atoms with Crippen LogP contribution in [-0.2, 0) is 6.54 Å². The van der Waals surface area contributed by atoms with E-state index < -0.39 is 18.3 Å². The third kappa shape index (κ3) is 3.03. The second-order valence-corrected chi connectivity index (χ2v) is 4.75. The van der Waals surface area contributed by atoms with Crippen molar-refractivity contribution >= 4 is 0 Å². The van der Waals surface area contributed by atoms with Crippen molar-refractivity contribution in [2.45, 2.75) is 37.6 Å². The van der Waals surface area contributed by atoms with Gasteiger partial charge in [0, 0.05) is 12.6 Å². The summed E-state index contributed by atoms with van der Waals surface area (Å²) in [4.78, 5) is 1.45. The van der Waals surface area contributed by atoms with Crippen LogP contribution in [0.3, 0.4) is 0 Å². The smallest absolute Gasteiger partial charge is 0.326 e. The predicted octanol–water partition coefficient (Wildman–Crippen LogP) is 2.54. The quantitative estimate of drug-likeness (QED) is 0.883. The van der Waals surface area contributed by atoms with Gasteiger partial charge in [-0.3, -0.25) is 4.90 Å². The molecule has 0 radical (unpaired) electrons. The number of alkyl halides is 3.